The van der Waals surface area contributed by atoms with Crippen LogP contribution in [0, 0.1) is 0 Å². The van der Waals surface area contributed by atoms with Crippen molar-refractivity contribution in [2.75, 3.05) is 13.2 Å². The van der Waals surface area contributed by atoms with E-state index in [9.17, 15) is 34.5 Å². The minimum absolute atomic E-state index is 0.0400. The highest BCUT2D eigenvalue weighted by Gasteiger charge is 2.50. The van der Waals surface area contributed by atoms with Crippen LogP contribution < -0.4 is 0 Å². The first kappa shape index (κ1) is 80.7. The lowest BCUT2D eigenvalue weighted by Gasteiger charge is -2.40. The Morgan fingerprint density at radius 3 is 1.14 bits per heavy atom. The molecule has 1 fully saturated rings. The first-order valence-electron chi connectivity index (χ1n) is 35.2. The molecule has 0 spiro atoms. The zero-order valence-electron chi connectivity index (χ0n) is 55.2. The van der Waals surface area contributed by atoms with Crippen molar-refractivity contribution in [3.05, 3.63) is 97.2 Å². The quantitative estimate of drug-likeness (QED) is 0.0228. The van der Waals surface area contributed by atoms with E-state index < -0.39 is 67.3 Å². The summed E-state index contributed by atoms with van der Waals surface area (Å²) in [5.74, 6) is -3.17. The van der Waals surface area contributed by atoms with Crippen molar-refractivity contribution in [3.8, 4) is 0 Å². The maximum absolute atomic E-state index is 13.3. The summed E-state index contributed by atoms with van der Waals surface area (Å²) in [6, 6.07) is 0. The molecule has 0 amide bonds. The summed E-state index contributed by atoms with van der Waals surface area (Å²) in [5.41, 5.74) is 0. The van der Waals surface area contributed by atoms with E-state index in [0.717, 1.165) is 122 Å². The van der Waals surface area contributed by atoms with Crippen LogP contribution in [0.15, 0.2) is 97.2 Å². The SMILES string of the molecule is CC/C=C\C/C=C\C/C=C\C/C=C\C/C=C\CCCCCC(=O)OCC(COC1OC(C(=O)O)C(O)C(O)C1OC(=O)CCCCCCCC/C=C\C/C=C\C/C=C\CCCCC)OC(=O)CCCCCCCCCCCCCCCCCCCCC. The summed E-state index contributed by atoms with van der Waals surface area (Å²) < 4.78 is 28.6. The highest BCUT2D eigenvalue weighted by molar-refractivity contribution is 5.74. The fraction of sp³-hybridized carbons (Fsp3) is 0.733. The molecule has 12 nitrogen and oxygen atoms in total. The van der Waals surface area contributed by atoms with E-state index >= 15 is 0 Å². The van der Waals surface area contributed by atoms with E-state index in [1.807, 2.05) is 0 Å². The van der Waals surface area contributed by atoms with E-state index in [1.54, 1.807) is 0 Å². The molecule has 0 bridgehead atoms. The molecule has 1 heterocycles. The molecule has 12 heteroatoms. The number of carbonyl (C=O) groups excluding carboxylic acids is 3. The largest absolute Gasteiger partial charge is 0.479 e. The minimum Gasteiger partial charge on any atom is -0.479 e. The van der Waals surface area contributed by atoms with Gasteiger partial charge in [0.05, 0.1) is 6.61 Å². The Hall–Kier alpha value is -4.36. The maximum atomic E-state index is 13.3. The topological polar surface area (TPSA) is 175 Å². The lowest BCUT2D eigenvalue weighted by molar-refractivity contribution is -0.301. The highest BCUT2D eigenvalue weighted by Crippen LogP contribution is 2.27. The summed E-state index contributed by atoms with van der Waals surface area (Å²) in [5, 5.41) is 31.7. The average Bonchev–Trinajstić information content (AvgIpc) is 2.56. The molecular formula is C75H126O12. The van der Waals surface area contributed by atoms with Crippen molar-refractivity contribution in [2.24, 2.45) is 0 Å². The molecule has 0 aromatic rings. The Labute approximate surface area is 530 Å². The molecule has 6 unspecified atom stereocenters. The molecule has 0 aromatic heterocycles. The van der Waals surface area contributed by atoms with Crippen molar-refractivity contribution in [3.63, 3.8) is 0 Å². The number of rotatable bonds is 60. The number of esters is 3. The molecule has 498 valence electrons. The second-order valence-electron chi connectivity index (χ2n) is 23.8. The molecule has 0 saturated carbocycles. The van der Waals surface area contributed by atoms with Crippen LogP contribution in [0.2, 0.25) is 0 Å². The van der Waals surface area contributed by atoms with Gasteiger partial charge in [0.15, 0.2) is 24.6 Å². The molecular weight excluding hydrogens is 1090 g/mol. The van der Waals surface area contributed by atoms with E-state index in [1.165, 1.54) is 122 Å². The third kappa shape index (κ3) is 51.1. The Morgan fingerprint density at radius 2 is 0.724 bits per heavy atom. The number of hydrogen-bond acceptors (Lipinski definition) is 11. The number of aliphatic hydroxyl groups is 2. The zero-order valence-corrected chi connectivity index (χ0v) is 55.2. The Kier molecular flexibility index (Phi) is 57.3. The summed E-state index contributed by atoms with van der Waals surface area (Å²) >= 11 is 0. The van der Waals surface area contributed by atoms with Crippen LogP contribution in [0.3, 0.4) is 0 Å². The number of allylic oxidation sites excluding steroid dienone is 16. The maximum Gasteiger partial charge on any atom is 0.335 e. The lowest BCUT2D eigenvalue weighted by atomic mass is 9.98. The van der Waals surface area contributed by atoms with Gasteiger partial charge in [-0.1, -0.05) is 279 Å². The molecule has 1 saturated heterocycles. The van der Waals surface area contributed by atoms with E-state index in [4.69, 9.17) is 23.7 Å². The average molecular weight is 1220 g/mol. The summed E-state index contributed by atoms with van der Waals surface area (Å²) in [4.78, 5) is 51.5. The molecule has 0 aromatic carbocycles. The number of ether oxygens (including phenoxy) is 5. The monoisotopic (exact) mass is 1220 g/mol. The summed E-state index contributed by atoms with van der Waals surface area (Å²) in [7, 11) is 0. The Morgan fingerprint density at radius 1 is 0.391 bits per heavy atom. The minimum atomic E-state index is -1.92. The first-order valence-corrected chi connectivity index (χ1v) is 35.2. The van der Waals surface area contributed by atoms with Gasteiger partial charge in [0.2, 0.25) is 0 Å². The third-order valence-corrected chi connectivity index (χ3v) is 15.6. The smallest absolute Gasteiger partial charge is 0.335 e. The third-order valence-electron chi connectivity index (χ3n) is 15.6. The van der Waals surface area contributed by atoms with Gasteiger partial charge in [-0.3, -0.25) is 14.4 Å². The Bertz CT molecular complexity index is 1880. The molecule has 1 aliphatic heterocycles. The van der Waals surface area contributed by atoms with Gasteiger partial charge in [0.25, 0.3) is 0 Å². The molecule has 6 atom stereocenters. The van der Waals surface area contributed by atoms with Gasteiger partial charge < -0.3 is 39.0 Å². The lowest BCUT2D eigenvalue weighted by Crippen LogP contribution is -2.61. The van der Waals surface area contributed by atoms with E-state index in [-0.39, 0.29) is 25.9 Å². The number of carboxylic acids is 1. The zero-order chi connectivity index (χ0) is 63.1. The molecule has 87 heavy (non-hydrogen) atoms. The standard InChI is InChI=1S/C75H126O12/c1-4-7-10-13-16-19-22-25-28-31-34-37-40-43-46-49-52-55-58-61-67(76)83-64-66(85-68(77)62-59-56-53-50-47-44-41-38-35-32-29-26-23-20-17-14-11-8-5-2)65-84-75-73(71(80)70(79)72(87-75)74(81)82)86-69(78)63-60-57-54-51-48-45-42-39-36-33-30-27-24-21-18-15-12-9-6-3/h7,10,16,18-19,21,25,27-28,30,34,36-37,39,43,46,66,70-73,75,79-80H,4-6,8-9,11-15,17,20,22-24,26,29,31-33,35,38,40-42,44-45,47-65H2,1-3H3,(H,81,82)/b10-7-,19-16-,21-18-,28-25-,30-27-,37-34-,39-36-,46-43-. The number of aliphatic carboxylic acids is 1. The van der Waals surface area contributed by atoms with Crippen molar-refractivity contribution < 1.29 is 58.2 Å². The fourth-order valence-electron chi connectivity index (χ4n) is 10.3. The van der Waals surface area contributed by atoms with Crippen LogP contribution in [0.4, 0.5) is 0 Å². The van der Waals surface area contributed by atoms with Crippen LogP contribution in [0.25, 0.3) is 0 Å². The van der Waals surface area contributed by atoms with Gasteiger partial charge in [-0.2, -0.15) is 0 Å². The summed E-state index contributed by atoms with van der Waals surface area (Å²) in [6.45, 7) is 5.87. The van der Waals surface area contributed by atoms with Crippen LogP contribution in [-0.4, -0.2) is 89.2 Å². The van der Waals surface area contributed by atoms with Gasteiger partial charge in [-0.25, -0.2) is 4.79 Å². The van der Waals surface area contributed by atoms with Crippen LogP contribution in [-0.2, 0) is 42.9 Å². The predicted octanol–water partition coefficient (Wildman–Crippen LogP) is 19.6. The van der Waals surface area contributed by atoms with Crippen molar-refractivity contribution in [1.29, 1.82) is 0 Å². The number of unbranched alkanes of at least 4 members (excludes halogenated alkanes) is 30. The number of aliphatic hydroxyl groups excluding tert-OH is 2. The van der Waals surface area contributed by atoms with Crippen molar-refractivity contribution >= 4 is 23.9 Å². The second kappa shape index (κ2) is 61.9. The molecule has 1 aliphatic rings. The number of carbonyl (C=O) groups is 4. The molecule has 3 N–H and O–H groups in total. The van der Waals surface area contributed by atoms with Gasteiger partial charge in [0, 0.05) is 19.3 Å². The molecule has 0 radical (unpaired) electrons. The van der Waals surface area contributed by atoms with Crippen molar-refractivity contribution in [2.45, 2.75) is 340 Å². The Balaban J connectivity index is 2.67. The predicted molar refractivity (Wildman–Crippen MR) is 358 cm³/mol. The molecule has 0 aliphatic carbocycles. The fourth-order valence-corrected chi connectivity index (χ4v) is 10.3. The first-order chi connectivity index (χ1) is 42.6. The van der Waals surface area contributed by atoms with Crippen LogP contribution >= 0.6 is 0 Å². The number of hydrogen-bond donors (Lipinski definition) is 3. The van der Waals surface area contributed by atoms with E-state index in [2.05, 4.69) is 118 Å². The molecule has 1 rings (SSSR count). The summed E-state index contributed by atoms with van der Waals surface area (Å²) in [6.07, 6.45) is 70.7. The van der Waals surface area contributed by atoms with Crippen LogP contribution in [0.1, 0.15) is 303 Å². The van der Waals surface area contributed by atoms with Gasteiger partial charge in [-0.05, 0) is 103 Å². The van der Waals surface area contributed by atoms with Gasteiger partial charge in [-0.15, -0.1) is 0 Å². The number of carboxylic acid groups (broad SMARTS) is 1. The second-order valence-corrected chi connectivity index (χ2v) is 23.8. The van der Waals surface area contributed by atoms with Gasteiger partial charge >= 0.3 is 23.9 Å². The highest BCUT2D eigenvalue weighted by atomic mass is 16.7. The normalized spacial score (nSPS) is 17.9. The van der Waals surface area contributed by atoms with Crippen LogP contribution in [0.5, 0.6) is 0 Å². The van der Waals surface area contributed by atoms with Crippen molar-refractivity contribution in [1.82, 2.24) is 0 Å². The van der Waals surface area contributed by atoms with Gasteiger partial charge in [0.1, 0.15) is 18.8 Å². The van der Waals surface area contributed by atoms with E-state index in [0.29, 0.717) is 19.3 Å².